The van der Waals surface area contributed by atoms with Crippen LogP contribution in [0, 0.1) is 5.92 Å². The van der Waals surface area contributed by atoms with Crippen LogP contribution in [0.5, 0.6) is 0 Å². The minimum absolute atomic E-state index is 0.0268. The Balaban J connectivity index is 1.31. The Bertz CT molecular complexity index is 1000. The second kappa shape index (κ2) is 9.50. The minimum Gasteiger partial charge on any atom is -0.349 e. The molecule has 1 unspecified atom stereocenters. The van der Waals surface area contributed by atoms with Gasteiger partial charge >= 0.3 is 0 Å². The monoisotopic (exact) mass is 461 g/mol. The zero-order chi connectivity index (χ0) is 21.8. The van der Waals surface area contributed by atoms with Crippen molar-refractivity contribution >= 4 is 33.2 Å². The number of benzene rings is 1. The van der Waals surface area contributed by atoms with Gasteiger partial charge in [0.1, 0.15) is 4.21 Å². The first-order chi connectivity index (χ1) is 14.9. The normalized spacial score (nSPS) is 21.0. The molecule has 0 radical (unpaired) electrons. The number of carbonyl (C=O) groups is 2. The molecule has 31 heavy (non-hydrogen) atoms. The van der Waals surface area contributed by atoms with Crippen LogP contribution in [-0.4, -0.2) is 61.7 Å². The van der Waals surface area contributed by atoms with E-state index in [1.807, 2.05) is 23.1 Å². The van der Waals surface area contributed by atoms with Crippen LogP contribution in [0.25, 0.3) is 0 Å². The number of nitrogens with zero attached hydrogens (tertiary/aromatic N) is 2. The van der Waals surface area contributed by atoms with E-state index in [0.29, 0.717) is 55.1 Å². The van der Waals surface area contributed by atoms with Gasteiger partial charge in [0.05, 0.1) is 5.92 Å². The van der Waals surface area contributed by atoms with Crippen LogP contribution in [0.1, 0.15) is 36.0 Å². The lowest BCUT2D eigenvalue weighted by Gasteiger charge is -2.37. The Morgan fingerprint density at radius 3 is 2.39 bits per heavy atom. The third kappa shape index (κ3) is 4.99. The van der Waals surface area contributed by atoms with Gasteiger partial charge < -0.3 is 10.2 Å². The predicted molar refractivity (Wildman–Crippen MR) is 119 cm³/mol. The lowest BCUT2D eigenvalue weighted by Crippen LogP contribution is -2.51. The molecule has 7 nitrogen and oxygen atoms in total. The van der Waals surface area contributed by atoms with Crippen molar-refractivity contribution in [3.8, 4) is 0 Å². The SMILES string of the molecule is O=C(NC1CCN(C(=O)C2CCCN(S(=O)(=O)c3cccs3)C2)CC1)c1ccccc1. The van der Waals surface area contributed by atoms with Gasteiger partial charge in [0.15, 0.2) is 0 Å². The van der Waals surface area contributed by atoms with Crippen LogP contribution < -0.4 is 5.32 Å². The number of sulfonamides is 1. The van der Waals surface area contributed by atoms with Crippen LogP contribution in [0.4, 0.5) is 0 Å². The Morgan fingerprint density at radius 1 is 0.968 bits per heavy atom. The summed E-state index contributed by atoms with van der Waals surface area (Å²) in [5.41, 5.74) is 0.634. The summed E-state index contributed by atoms with van der Waals surface area (Å²) in [6.07, 6.45) is 2.80. The van der Waals surface area contributed by atoms with Gasteiger partial charge in [-0.05, 0) is 49.3 Å². The second-order valence-electron chi connectivity index (χ2n) is 8.07. The molecule has 2 amide bonds. The summed E-state index contributed by atoms with van der Waals surface area (Å²) < 4.78 is 27.4. The average molecular weight is 462 g/mol. The van der Waals surface area contributed by atoms with Crippen LogP contribution in [0.2, 0.25) is 0 Å². The molecule has 3 heterocycles. The molecule has 2 aromatic rings. The van der Waals surface area contributed by atoms with E-state index >= 15 is 0 Å². The van der Waals surface area contributed by atoms with Crippen LogP contribution in [0.15, 0.2) is 52.1 Å². The molecular weight excluding hydrogens is 434 g/mol. The largest absolute Gasteiger partial charge is 0.349 e. The first-order valence-corrected chi connectivity index (χ1v) is 13.0. The molecule has 0 spiro atoms. The molecule has 9 heteroatoms. The number of rotatable bonds is 5. The molecule has 166 valence electrons. The van der Waals surface area contributed by atoms with Gasteiger partial charge in [-0.3, -0.25) is 9.59 Å². The summed E-state index contributed by atoms with van der Waals surface area (Å²) in [6, 6.07) is 12.5. The number of hydrogen-bond donors (Lipinski definition) is 1. The molecule has 1 atom stereocenters. The summed E-state index contributed by atoms with van der Waals surface area (Å²) in [4.78, 5) is 27.3. The van der Waals surface area contributed by atoms with Crippen molar-refractivity contribution in [2.45, 2.75) is 35.9 Å². The smallest absolute Gasteiger partial charge is 0.252 e. The lowest BCUT2D eigenvalue weighted by molar-refractivity contribution is -0.137. The molecule has 0 aliphatic carbocycles. The number of hydrogen-bond acceptors (Lipinski definition) is 5. The Labute approximate surface area is 187 Å². The van der Waals surface area contributed by atoms with Crippen molar-refractivity contribution in [2.75, 3.05) is 26.2 Å². The number of carbonyl (C=O) groups excluding carboxylic acids is 2. The highest BCUT2D eigenvalue weighted by Gasteiger charge is 2.36. The topological polar surface area (TPSA) is 86.8 Å². The second-order valence-corrected chi connectivity index (χ2v) is 11.2. The third-order valence-corrected chi connectivity index (χ3v) is 9.24. The maximum Gasteiger partial charge on any atom is 0.252 e. The minimum atomic E-state index is -3.53. The zero-order valence-electron chi connectivity index (χ0n) is 17.3. The highest BCUT2D eigenvalue weighted by molar-refractivity contribution is 7.91. The van der Waals surface area contributed by atoms with Crippen molar-refractivity contribution < 1.29 is 18.0 Å². The van der Waals surface area contributed by atoms with E-state index in [-0.39, 0.29) is 30.3 Å². The molecule has 2 aliphatic heterocycles. The van der Waals surface area contributed by atoms with Crippen molar-refractivity contribution in [1.82, 2.24) is 14.5 Å². The molecule has 1 aromatic carbocycles. The van der Waals surface area contributed by atoms with E-state index in [4.69, 9.17) is 0 Å². The van der Waals surface area contributed by atoms with Gasteiger partial charge in [-0.15, -0.1) is 11.3 Å². The summed E-state index contributed by atoms with van der Waals surface area (Å²) in [6.45, 7) is 1.85. The highest BCUT2D eigenvalue weighted by atomic mass is 32.2. The Kier molecular flexibility index (Phi) is 6.74. The van der Waals surface area contributed by atoms with Gasteiger partial charge in [0, 0.05) is 37.8 Å². The van der Waals surface area contributed by atoms with E-state index < -0.39 is 10.0 Å². The fraction of sp³-hybridized carbons (Fsp3) is 0.455. The maximum absolute atomic E-state index is 13.1. The van der Waals surface area contributed by atoms with E-state index in [9.17, 15) is 18.0 Å². The summed E-state index contributed by atoms with van der Waals surface area (Å²) in [5.74, 6) is -0.370. The molecule has 2 aliphatic rings. The number of likely N-dealkylation sites (tertiary alicyclic amines) is 1. The molecule has 0 bridgehead atoms. The third-order valence-electron chi connectivity index (χ3n) is 6.00. The fourth-order valence-electron chi connectivity index (χ4n) is 4.26. The number of piperidine rings is 2. The summed E-state index contributed by atoms with van der Waals surface area (Å²) >= 11 is 1.21. The standard InChI is InChI=1S/C22H27N3O4S2/c26-21(17-6-2-1-3-7-17)23-19-10-13-24(14-11-19)22(27)18-8-4-12-25(16-18)31(28,29)20-9-5-15-30-20/h1-3,5-7,9,15,18-19H,4,8,10-14,16H2,(H,23,26). The van der Waals surface area contributed by atoms with Crippen molar-refractivity contribution in [1.29, 1.82) is 0 Å². The Morgan fingerprint density at radius 2 is 1.71 bits per heavy atom. The molecular formula is C22H27N3O4S2. The first kappa shape index (κ1) is 22.0. The van der Waals surface area contributed by atoms with Crippen molar-refractivity contribution in [3.63, 3.8) is 0 Å². The molecule has 2 saturated heterocycles. The van der Waals surface area contributed by atoms with Gasteiger partial charge in [0.25, 0.3) is 15.9 Å². The average Bonchev–Trinajstić information content (AvgIpc) is 3.36. The Hall–Kier alpha value is -2.23. The van der Waals surface area contributed by atoms with E-state index in [1.165, 1.54) is 15.6 Å². The maximum atomic E-state index is 13.1. The molecule has 4 rings (SSSR count). The lowest BCUT2D eigenvalue weighted by atomic mass is 9.96. The van der Waals surface area contributed by atoms with Gasteiger partial charge in [0.2, 0.25) is 5.91 Å². The van der Waals surface area contributed by atoms with Crippen molar-refractivity contribution in [3.05, 3.63) is 53.4 Å². The summed E-state index contributed by atoms with van der Waals surface area (Å²) in [7, 11) is -3.53. The first-order valence-electron chi connectivity index (χ1n) is 10.6. The highest BCUT2D eigenvalue weighted by Crippen LogP contribution is 2.28. The fourth-order valence-corrected chi connectivity index (χ4v) is 6.93. The molecule has 1 N–H and O–H groups in total. The number of thiophene rings is 1. The molecule has 2 fully saturated rings. The van der Waals surface area contributed by atoms with Crippen LogP contribution in [0.3, 0.4) is 0 Å². The van der Waals surface area contributed by atoms with Gasteiger partial charge in [-0.2, -0.15) is 4.31 Å². The quantitative estimate of drug-likeness (QED) is 0.742. The molecule has 0 saturated carbocycles. The van der Waals surface area contributed by atoms with E-state index in [0.717, 1.165) is 0 Å². The predicted octanol–water partition coefficient (Wildman–Crippen LogP) is 2.57. The van der Waals surface area contributed by atoms with E-state index in [2.05, 4.69) is 5.32 Å². The van der Waals surface area contributed by atoms with Gasteiger partial charge in [-0.1, -0.05) is 24.3 Å². The van der Waals surface area contributed by atoms with Gasteiger partial charge in [-0.25, -0.2) is 8.42 Å². The van der Waals surface area contributed by atoms with Crippen LogP contribution >= 0.6 is 11.3 Å². The summed E-state index contributed by atoms with van der Waals surface area (Å²) in [5, 5.41) is 4.80. The van der Waals surface area contributed by atoms with Crippen LogP contribution in [-0.2, 0) is 14.8 Å². The number of nitrogens with one attached hydrogen (secondary N) is 1. The van der Waals surface area contributed by atoms with E-state index in [1.54, 1.807) is 29.6 Å². The molecule has 1 aromatic heterocycles. The zero-order valence-corrected chi connectivity index (χ0v) is 18.9. The van der Waals surface area contributed by atoms with Crippen molar-refractivity contribution in [2.24, 2.45) is 5.92 Å². The number of amides is 2.